The summed E-state index contributed by atoms with van der Waals surface area (Å²) in [5.74, 6) is 11.7. The lowest BCUT2D eigenvalue weighted by Crippen LogP contribution is -2.40. The number of hydrogen-bond donors (Lipinski definition) is 3. The smallest absolute Gasteiger partial charge is 0.311 e. The first-order valence-corrected chi connectivity index (χ1v) is 9.03. The SMILES string of the molecule is N/N=C(\NN)C1(c2cc3c(c([N+](=O)[O-])c2)OCC=CC3c2ccccc2)CC1. The molecule has 8 heteroatoms. The number of nitro benzene ring substituents is 1. The van der Waals surface area contributed by atoms with Crippen LogP contribution in [0.2, 0.25) is 0 Å². The molecule has 28 heavy (non-hydrogen) atoms. The number of benzene rings is 2. The molecule has 8 nitrogen and oxygen atoms in total. The second kappa shape index (κ2) is 6.97. The standard InChI is InChI=1S/C20H21N5O3/c21-23-19(24-22)20(8-9-20)14-11-16-15(13-5-2-1-3-6-13)7-4-10-28-18(16)17(12-14)25(26)27/h1-7,11-12,15H,8-10,21-22H2,(H,23,24). The van der Waals surface area contributed by atoms with E-state index in [4.69, 9.17) is 16.4 Å². The van der Waals surface area contributed by atoms with E-state index < -0.39 is 10.3 Å². The number of rotatable bonds is 4. The highest BCUT2D eigenvalue weighted by molar-refractivity contribution is 5.95. The number of fused-ring (bicyclic) bond motifs is 1. The third kappa shape index (κ3) is 2.87. The average Bonchev–Trinajstić information content (AvgIpc) is 3.53. The number of allylic oxidation sites excluding steroid dienone is 1. The van der Waals surface area contributed by atoms with Crippen molar-refractivity contribution < 1.29 is 9.66 Å². The molecule has 0 aromatic heterocycles. The number of nitrogens with two attached hydrogens (primary N) is 2. The molecule has 2 aromatic rings. The predicted molar refractivity (Wildman–Crippen MR) is 106 cm³/mol. The van der Waals surface area contributed by atoms with Crippen LogP contribution in [0.4, 0.5) is 5.69 Å². The molecule has 1 heterocycles. The minimum Gasteiger partial charge on any atom is -0.482 e. The van der Waals surface area contributed by atoms with Crippen LogP contribution in [0.1, 0.15) is 35.4 Å². The number of nitro groups is 1. The molecule has 1 aliphatic heterocycles. The summed E-state index contributed by atoms with van der Waals surface area (Å²) >= 11 is 0. The number of hydrogen-bond acceptors (Lipinski definition) is 6. The molecule has 144 valence electrons. The highest BCUT2D eigenvalue weighted by Crippen LogP contribution is 2.52. The Bertz CT molecular complexity index is 967. The van der Waals surface area contributed by atoms with Crippen LogP contribution in [0.3, 0.4) is 0 Å². The first kappa shape index (κ1) is 18.0. The van der Waals surface area contributed by atoms with Gasteiger partial charge < -0.3 is 16.0 Å². The van der Waals surface area contributed by atoms with Crippen molar-refractivity contribution in [2.75, 3.05) is 6.61 Å². The molecule has 0 saturated heterocycles. The summed E-state index contributed by atoms with van der Waals surface area (Å²) in [4.78, 5) is 11.4. The predicted octanol–water partition coefficient (Wildman–Crippen LogP) is 2.44. The Hall–Kier alpha value is -3.39. The largest absolute Gasteiger partial charge is 0.482 e. The lowest BCUT2D eigenvalue weighted by molar-refractivity contribution is -0.385. The highest BCUT2D eigenvalue weighted by Gasteiger charge is 2.50. The van der Waals surface area contributed by atoms with Crippen LogP contribution >= 0.6 is 0 Å². The first-order valence-electron chi connectivity index (χ1n) is 9.03. The van der Waals surface area contributed by atoms with Gasteiger partial charge in [-0.25, -0.2) is 5.84 Å². The minimum atomic E-state index is -0.527. The van der Waals surface area contributed by atoms with Crippen LogP contribution in [-0.4, -0.2) is 17.4 Å². The van der Waals surface area contributed by atoms with E-state index in [1.165, 1.54) is 0 Å². The molecule has 5 N–H and O–H groups in total. The molecule has 1 unspecified atom stereocenters. The molecule has 0 amide bonds. The van der Waals surface area contributed by atoms with Gasteiger partial charge in [-0.2, -0.15) is 5.10 Å². The fourth-order valence-corrected chi connectivity index (χ4v) is 3.90. The van der Waals surface area contributed by atoms with Crippen molar-refractivity contribution in [3.8, 4) is 5.75 Å². The van der Waals surface area contributed by atoms with Crippen LogP contribution in [0.15, 0.2) is 59.7 Å². The number of ether oxygens (including phenoxy) is 1. The summed E-state index contributed by atoms with van der Waals surface area (Å²) < 4.78 is 5.77. The Balaban J connectivity index is 1.93. The summed E-state index contributed by atoms with van der Waals surface area (Å²) in [6.07, 6.45) is 5.43. The fourth-order valence-electron chi connectivity index (χ4n) is 3.90. The van der Waals surface area contributed by atoms with Crippen molar-refractivity contribution >= 4 is 11.5 Å². The Labute approximate surface area is 162 Å². The Kier molecular flexibility index (Phi) is 4.48. The Morgan fingerprint density at radius 1 is 1.29 bits per heavy atom. The minimum absolute atomic E-state index is 0.0585. The van der Waals surface area contributed by atoms with E-state index in [9.17, 15) is 10.1 Å². The quantitative estimate of drug-likeness (QED) is 0.187. The summed E-state index contributed by atoms with van der Waals surface area (Å²) in [5.41, 5.74) is 4.51. The van der Waals surface area contributed by atoms with Crippen LogP contribution < -0.4 is 21.8 Å². The second-order valence-electron chi connectivity index (χ2n) is 7.00. The van der Waals surface area contributed by atoms with E-state index in [1.807, 2.05) is 48.6 Å². The van der Waals surface area contributed by atoms with Gasteiger partial charge in [0, 0.05) is 17.5 Å². The lowest BCUT2D eigenvalue weighted by Gasteiger charge is -2.22. The summed E-state index contributed by atoms with van der Waals surface area (Å²) in [5, 5.41) is 15.6. The number of hydrazone groups is 1. The first-order chi connectivity index (χ1) is 13.6. The van der Waals surface area contributed by atoms with Crippen LogP contribution in [-0.2, 0) is 5.41 Å². The van der Waals surface area contributed by atoms with Crippen molar-refractivity contribution in [1.29, 1.82) is 0 Å². The maximum Gasteiger partial charge on any atom is 0.311 e. The normalized spacial score (nSPS) is 19.9. The summed E-state index contributed by atoms with van der Waals surface area (Å²) in [6, 6.07) is 13.4. The molecule has 0 radical (unpaired) electrons. The zero-order chi connectivity index (χ0) is 19.7. The third-order valence-electron chi connectivity index (χ3n) is 5.46. The van der Waals surface area contributed by atoms with Crippen molar-refractivity contribution in [3.05, 3.63) is 81.4 Å². The van der Waals surface area contributed by atoms with Gasteiger partial charge in [0.15, 0.2) is 0 Å². The molecule has 2 aliphatic rings. The number of nitrogens with zero attached hydrogens (tertiary/aromatic N) is 2. The van der Waals surface area contributed by atoms with E-state index in [0.717, 1.165) is 29.5 Å². The van der Waals surface area contributed by atoms with Gasteiger partial charge in [0.25, 0.3) is 0 Å². The van der Waals surface area contributed by atoms with E-state index >= 15 is 0 Å². The molecule has 0 spiro atoms. The Morgan fingerprint density at radius 3 is 2.64 bits per heavy atom. The van der Waals surface area contributed by atoms with E-state index in [2.05, 4.69) is 10.5 Å². The van der Waals surface area contributed by atoms with Gasteiger partial charge in [0.1, 0.15) is 12.4 Å². The van der Waals surface area contributed by atoms with Crippen LogP contribution in [0.25, 0.3) is 0 Å². The van der Waals surface area contributed by atoms with Gasteiger partial charge in [0.2, 0.25) is 5.75 Å². The maximum atomic E-state index is 11.8. The topological polar surface area (TPSA) is 129 Å². The van der Waals surface area contributed by atoms with Gasteiger partial charge >= 0.3 is 5.69 Å². The maximum absolute atomic E-state index is 11.8. The molecule has 1 saturated carbocycles. The zero-order valence-corrected chi connectivity index (χ0v) is 15.2. The zero-order valence-electron chi connectivity index (χ0n) is 15.2. The third-order valence-corrected chi connectivity index (χ3v) is 5.46. The van der Waals surface area contributed by atoms with Crippen LogP contribution in [0.5, 0.6) is 5.75 Å². The highest BCUT2D eigenvalue weighted by atomic mass is 16.6. The Morgan fingerprint density at radius 2 is 2.04 bits per heavy atom. The van der Waals surface area contributed by atoms with Crippen molar-refractivity contribution in [1.82, 2.24) is 5.43 Å². The van der Waals surface area contributed by atoms with E-state index in [1.54, 1.807) is 6.07 Å². The van der Waals surface area contributed by atoms with Gasteiger partial charge in [-0.05, 0) is 30.0 Å². The summed E-state index contributed by atoms with van der Waals surface area (Å²) in [6.45, 7) is 0.279. The van der Waals surface area contributed by atoms with Gasteiger partial charge in [-0.3, -0.25) is 10.1 Å². The van der Waals surface area contributed by atoms with Crippen molar-refractivity contribution in [3.63, 3.8) is 0 Å². The monoisotopic (exact) mass is 379 g/mol. The fraction of sp³-hybridized carbons (Fsp3) is 0.250. The number of amidine groups is 1. The van der Waals surface area contributed by atoms with E-state index in [0.29, 0.717) is 11.6 Å². The molecule has 1 aliphatic carbocycles. The number of nitrogens with one attached hydrogen (secondary N) is 1. The molecule has 1 fully saturated rings. The molecule has 1 atom stereocenters. The average molecular weight is 379 g/mol. The molecule has 4 rings (SSSR count). The van der Waals surface area contributed by atoms with Gasteiger partial charge in [0.05, 0.1) is 10.3 Å². The van der Waals surface area contributed by atoms with Gasteiger partial charge in [-0.15, -0.1) is 0 Å². The van der Waals surface area contributed by atoms with E-state index in [-0.39, 0.29) is 18.2 Å². The van der Waals surface area contributed by atoms with Crippen LogP contribution in [0, 0.1) is 10.1 Å². The van der Waals surface area contributed by atoms with Gasteiger partial charge in [-0.1, -0.05) is 42.5 Å². The number of hydrazine groups is 1. The lowest BCUT2D eigenvalue weighted by atomic mass is 9.85. The molecule has 0 bridgehead atoms. The molecular weight excluding hydrogens is 358 g/mol. The molecular formula is C20H21N5O3. The second-order valence-corrected chi connectivity index (χ2v) is 7.00. The van der Waals surface area contributed by atoms with Crippen molar-refractivity contribution in [2.24, 2.45) is 16.8 Å². The molecule has 2 aromatic carbocycles. The van der Waals surface area contributed by atoms with Crippen molar-refractivity contribution in [2.45, 2.75) is 24.2 Å². The summed E-state index contributed by atoms with van der Waals surface area (Å²) in [7, 11) is 0.